The molecule has 2 N–H and O–H groups in total. The van der Waals surface area contributed by atoms with E-state index in [4.69, 9.17) is 15.2 Å². The molecule has 1 aromatic rings. The monoisotopic (exact) mass is 250 g/mol. The third-order valence-corrected chi connectivity index (χ3v) is 3.12. The van der Waals surface area contributed by atoms with Crippen LogP contribution >= 0.6 is 0 Å². The smallest absolute Gasteiger partial charge is 0.260 e. The Bertz CT molecular complexity index is 448. The molecule has 0 aliphatic carbocycles. The number of carbonyl (C=O) groups is 1. The van der Waals surface area contributed by atoms with E-state index in [1.165, 1.54) is 7.11 Å². The molecule has 0 bridgehead atoms. The number of morpholine rings is 1. The van der Waals surface area contributed by atoms with Gasteiger partial charge in [0.2, 0.25) is 0 Å². The Hall–Kier alpha value is -1.75. The number of ether oxygens (including phenoxy) is 2. The number of amides is 1. The van der Waals surface area contributed by atoms with Crippen LogP contribution < -0.4 is 10.5 Å². The lowest BCUT2D eigenvalue weighted by Gasteiger charge is -2.33. The van der Waals surface area contributed by atoms with E-state index in [9.17, 15) is 4.79 Å². The maximum Gasteiger partial charge on any atom is 0.260 e. The maximum atomic E-state index is 12.5. The van der Waals surface area contributed by atoms with Crippen LogP contribution in [-0.2, 0) is 4.74 Å². The lowest BCUT2D eigenvalue weighted by molar-refractivity contribution is 0.00350. The molecule has 2 rings (SSSR count). The average molecular weight is 250 g/mol. The van der Waals surface area contributed by atoms with Gasteiger partial charge in [0.15, 0.2) is 0 Å². The van der Waals surface area contributed by atoms with Crippen molar-refractivity contribution in [2.45, 2.75) is 13.0 Å². The maximum absolute atomic E-state index is 12.5. The molecule has 5 nitrogen and oxygen atoms in total. The molecule has 0 saturated carbocycles. The van der Waals surface area contributed by atoms with Crippen molar-refractivity contribution in [3.05, 3.63) is 23.8 Å². The molecule has 1 aliphatic heterocycles. The molecule has 1 aromatic carbocycles. The zero-order chi connectivity index (χ0) is 13.1. The van der Waals surface area contributed by atoms with Crippen LogP contribution in [0.5, 0.6) is 5.75 Å². The van der Waals surface area contributed by atoms with Crippen LogP contribution in [0, 0.1) is 0 Å². The van der Waals surface area contributed by atoms with E-state index >= 15 is 0 Å². The summed E-state index contributed by atoms with van der Waals surface area (Å²) < 4.78 is 10.5. The summed E-state index contributed by atoms with van der Waals surface area (Å²) in [7, 11) is 1.54. The van der Waals surface area contributed by atoms with E-state index in [2.05, 4.69) is 0 Å². The summed E-state index contributed by atoms with van der Waals surface area (Å²) in [5.41, 5.74) is 6.77. The van der Waals surface area contributed by atoms with Crippen LogP contribution in [0.1, 0.15) is 17.3 Å². The van der Waals surface area contributed by atoms with Gasteiger partial charge in [0, 0.05) is 12.2 Å². The van der Waals surface area contributed by atoms with E-state index in [0.717, 1.165) is 0 Å². The highest BCUT2D eigenvalue weighted by Gasteiger charge is 2.28. The summed E-state index contributed by atoms with van der Waals surface area (Å²) in [5, 5.41) is 0. The van der Waals surface area contributed by atoms with E-state index in [0.29, 0.717) is 36.8 Å². The highest BCUT2D eigenvalue weighted by Crippen LogP contribution is 2.26. The first-order valence-corrected chi connectivity index (χ1v) is 5.96. The highest BCUT2D eigenvalue weighted by molar-refractivity contribution is 6.02. The molecule has 5 heteroatoms. The van der Waals surface area contributed by atoms with Crippen molar-refractivity contribution in [1.82, 2.24) is 4.90 Å². The molecule has 1 fully saturated rings. The molecule has 98 valence electrons. The standard InChI is InChI=1S/C13H18N2O3/c1-9-8-18-7-6-15(9)13(16)12-10(14)4-3-5-11(12)17-2/h3-5,9H,6-8,14H2,1-2H3/t9-/m1/s1. The second kappa shape index (κ2) is 5.27. The Kier molecular flexibility index (Phi) is 3.72. The quantitative estimate of drug-likeness (QED) is 0.799. The average Bonchev–Trinajstić information content (AvgIpc) is 2.38. The van der Waals surface area contributed by atoms with Crippen LogP contribution in [0.4, 0.5) is 5.69 Å². The van der Waals surface area contributed by atoms with Crippen molar-refractivity contribution >= 4 is 11.6 Å². The number of hydrogen-bond donors (Lipinski definition) is 1. The molecule has 18 heavy (non-hydrogen) atoms. The van der Waals surface area contributed by atoms with Crippen molar-refractivity contribution in [3.63, 3.8) is 0 Å². The number of nitrogen functional groups attached to an aromatic ring is 1. The van der Waals surface area contributed by atoms with Crippen molar-refractivity contribution in [3.8, 4) is 5.75 Å². The van der Waals surface area contributed by atoms with Gasteiger partial charge in [0.25, 0.3) is 5.91 Å². The molecule has 1 amide bonds. The van der Waals surface area contributed by atoms with Crippen LogP contribution in [-0.4, -0.2) is 43.7 Å². The zero-order valence-electron chi connectivity index (χ0n) is 10.7. The summed E-state index contributed by atoms with van der Waals surface area (Å²) in [6.07, 6.45) is 0. The van der Waals surface area contributed by atoms with Crippen LogP contribution in [0.15, 0.2) is 18.2 Å². The van der Waals surface area contributed by atoms with Gasteiger partial charge in [0.05, 0.1) is 26.4 Å². The van der Waals surface area contributed by atoms with Gasteiger partial charge in [-0.15, -0.1) is 0 Å². The first-order valence-electron chi connectivity index (χ1n) is 5.96. The van der Waals surface area contributed by atoms with Crippen molar-refractivity contribution in [2.75, 3.05) is 32.6 Å². The number of benzene rings is 1. The van der Waals surface area contributed by atoms with E-state index in [1.54, 1.807) is 23.1 Å². The molecule has 1 heterocycles. The Morgan fingerprint density at radius 1 is 1.56 bits per heavy atom. The molecule has 1 saturated heterocycles. The summed E-state index contributed by atoms with van der Waals surface area (Å²) >= 11 is 0. The second-order valence-electron chi connectivity index (χ2n) is 4.35. The Balaban J connectivity index is 2.33. The van der Waals surface area contributed by atoms with Gasteiger partial charge in [-0.25, -0.2) is 0 Å². The topological polar surface area (TPSA) is 64.8 Å². The minimum Gasteiger partial charge on any atom is -0.496 e. The van der Waals surface area contributed by atoms with Gasteiger partial charge in [-0.1, -0.05) is 6.07 Å². The Morgan fingerprint density at radius 3 is 3.00 bits per heavy atom. The lowest BCUT2D eigenvalue weighted by atomic mass is 10.1. The van der Waals surface area contributed by atoms with Crippen molar-refractivity contribution < 1.29 is 14.3 Å². The normalized spacial score (nSPS) is 19.7. The number of nitrogens with two attached hydrogens (primary N) is 1. The molecular weight excluding hydrogens is 232 g/mol. The minimum absolute atomic E-state index is 0.0514. The van der Waals surface area contributed by atoms with E-state index < -0.39 is 0 Å². The summed E-state index contributed by atoms with van der Waals surface area (Å²) in [5.74, 6) is 0.416. The number of methoxy groups -OCH3 is 1. The van der Waals surface area contributed by atoms with Gasteiger partial charge in [0.1, 0.15) is 11.3 Å². The number of anilines is 1. The summed E-state index contributed by atoms with van der Waals surface area (Å²) in [6.45, 7) is 3.66. The largest absolute Gasteiger partial charge is 0.496 e. The molecule has 0 spiro atoms. The van der Waals surface area contributed by atoms with Gasteiger partial charge in [-0.3, -0.25) is 4.79 Å². The third kappa shape index (κ3) is 2.26. The number of carbonyl (C=O) groups excluding carboxylic acids is 1. The van der Waals surface area contributed by atoms with Gasteiger partial charge < -0.3 is 20.1 Å². The first kappa shape index (κ1) is 12.7. The van der Waals surface area contributed by atoms with Crippen LogP contribution in [0.3, 0.4) is 0 Å². The van der Waals surface area contributed by atoms with Gasteiger partial charge >= 0.3 is 0 Å². The highest BCUT2D eigenvalue weighted by atomic mass is 16.5. The first-order chi connectivity index (χ1) is 8.65. The SMILES string of the molecule is COc1cccc(N)c1C(=O)N1CCOC[C@H]1C. The Labute approximate surface area is 106 Å². The number of nitrogens with zero attached hydrogens (tertiary/aromatic N) is 1. The lowest BCUT2D eigenvalue weighted by Crippen LogP contribution is -2.47. The zero-order valence-corrected chi connectivity index (χ0v) is 10.7. The molecular formula is C13H18N2O3. The predicted molar refractivity (Wildman–Crippen MR) is 68.7 cm³/mol. The summed E-state index contributed by atoms with van der Waals surface area (Å²) in [6, 6.07) is 5.28. The number of rotatable bonds is 2. The summed E-state index contributed by atoms with van der Waals surface area (Å²) in [4.78, 5) is 14.3. The molecule has 1 aliphatic rings. The predicted octanol–water partition coefficient (Wildman–Crippen LogP) is 1.14. The molecule has 0 unspecified atom stereocenters. The minimum atomic E-state index is -0.0965. The van der Waals surface area contributed by atoms with Crippen LogP contribution in [0.2, 0.25) is 0 Å². The van der Waals surface area contributed by atoms with Crippen molar-refractivity contribution in [2.24, 2.45) is 0 Å². The third-order valence-electron chi connectivity index (χ3n) is 3.12. The van der Waals surface area contributed by atoms with E-state index in [1.807, 2.05) is 6.92 Å². The Morgan fingerprint density at radius 2 is 2.33 bits per heavy atom. The number of hydrogen-bond acceptors (Lipinski definition) is 4. The second-order valence-corrected chi connectivity index (χ2v) is 4.35. The fraction of sp³-hybridized carbons (Fsp3) is 0.462. The van der Waals surface area contributed by atoms with E-state index in [-0.39, 0.29) is 11.9 Å². The fourth-order valence-electron chi connectivity index (χ4n) is 2.12. The van der Waals surface area contributed by atoms with Crippen molar-refractivity contribution in [1.29, 1.82) is 0 Å². The molecule has 0 aromatic heterocycles. The van der Waals surface area contributed by atoms with Gasteiger partial charge in [-0.2, -0.15) is 0 Å². The fourth-order valence-corrected chi connectivity index (χ4v) is 2.12. The molecule has 1 atom stereocenters. The van der Waals surface area contributed by atoms with Crippen LogP contribution in [0.25, 0.3) is 0 Å². The molecule has 0 radical (unpaired) electrons. The van der Waals surface area contributed by atoms with Gasteiger partial charge in [-0.05, 0) is 19.1 Å².